The Kier molecular flexibility index (Phi) is 3.88. The Labute approximate surface area is 139 Å². The van der Waals surface area contributed by atoms with E-state index in [1.54, 1.807) is 18.5 Å². The molecule has 5 nitrogen and oxygen atoms in total. The molecule has 1 fully saturated rings. The summed E-state index contributed by atoms with van der Waals surface area (Å²) in [6.07, 6.45) is 5.14. The summed E-state index contributed by atoms with van der Waals surface area (Å²) in [6, 6.07) is 6.73. The van der Waals surface area contributed by atoms with Crippen molar-refractivity contribution in [3.63, 3.8) is 0 Å². The molecule has 124 valence electrons. The van der Waals surface area contributed by atoms with Gasteiger partial charge in [0.2, 0.25) is 0 Å². The van der Waals surface area contributed by atoms with Crippen LogP contribution in [0.4, 0.5) is 9.18 Å². The van der Waals surface area contributed by atoms with Crippen LogP contribution < -0.4 is 5.32 Å². The molecule has 24 heavy (non-hydrogen) atoms. The summed E-state index contributed by atoms with van der Waals surface area (Å²) in [7, 11) is 0. The largest absolute Gasteiger partial charge is 0.335 e. The van der Waals surface area contributed by atoms with Gasteiger partial charge in [-0.05, 0) is 43.5 Å². The number of carbonyl (C=O) groups is 1. The van der Waals surface area contributed by atoms with Crippen LogP contribution in [-0.2, 0) is 12.8 Å². The Balaban J connectivity index is 1.57. The molecule has 0 bridgehead atoms. The fourth-order valence-electron chi connectivity index (χ4n) is 3.08. The number of amides is 2. The first-order valence-electron chi connectivity index (χ1n) is 8.35. The number of hydrogen-bond donors (Lipinski definition) is 1. The standard InChI is InChI=1S/C18H19FN4O/c19-13-3-1-12(2-4-13)17-15-7-9-23(18(24)22-14-5-6-14)10-8-16(15)20-11-21-17/h1-4,11,14H,5-10H2,(H,22,24). The number of rotatable bonds is 2. The fourth-order valence-corrected chi connectivity index (χ4v) is 3.08. The lowest BCUT2D eigenvalue weighted by Gasteiger charge is -2.20. The molecule has 2 aliphatic rings. The molecule has 1 N–H and O–H groups in total. The third-order valence-electron chi connectivity index (χ3n) is 4.59. The first-order valence-corrected chi connectivity index (χ1v) is 8.35. The maximum Gasteiger partial charge on any atom is 0.317 e. The van der Waals surface area contributed by atoms with Crippen LogP contribution in [0.15, 0.2) is 30.6 Å². The number of urea groups is 1. The minimum Gasteiger partial charge on any atom is -0.335 e. The molecular formula is C18H19FN4O. The van der Waals surface area contributed by atoms with E-state index < -0.39 is 0 Å². The van der Waals surface area contributed by atoms with Crippen LogP contribution in [0.3, 0.4) is 0 Å². The van der Waals surface area contributed by atoms with Gasteiger partial charge in [-0.15, -0.1) is 0 Å². The molecule has 0 saturated heterocycles. The molecule has 2 heterocycles. The predicted molar refractivity (Wildman–Crippen MR) is 88.0 cm³/mol. The Morgan fingerprint density at radius 2 is 1.88 bits per heavy atom. The van der Waals surface area contributed by atoms with Crippen LogP contribution in [0.5, 0.6) is 0 Å². The van der Waals surface area contributed by atoms with E-state index >= 15 is 0 Å². The first-order chi connectivity index (χ1) is 11.7. The summed E-state index contributed by atoms with van der Waals surface area (Å²) < 4.78 is 13.2. The smallest absolute Gasteiger partial charge is 0.317 e. The Morgan fingerprint density at radius 1 is 1.12 bits per heavy atom. The van der Waals surface area contributed by atoms with Crippen molar-refractivity contribution in [2.45, 2.75) is 31.7 Å². The average Bonchev–Trinajstić information content (AvgIpc) is 3.41. The third kappa shape index (κ3) is 3.09. The topological polar surface area (TPSA) is 58.1 Å². The van der Waals surface area contributed by atoms with E-state index in [9.17, 15) is 9.18 Å². The minimum absolute atomic E-state index is 0.0154. The maximum absolute atomic E-state index is 13.2. The predicted octanol–water partition coefficient (Wildman–Crippen LogP) is 2.56. The molecule has 1 saturated carbocycles. The highest BCUT2D eigenvalue weighted by Gasteiger charge is 2.27. The van der Waals surface area contributed by atoms with Crippen molar-refractivity contribution in [3.8, 4) is 11.3 Å². The lowest BCUT2D eigenvalue weighted by atomic mass is 10.0. The van der Waals surface area contributed by atoms with Gasteiger partial charge in [-0.2, -0.15) is 0 Å². The molecule has 0 unspecified atom stereocenters. The van der Waals surface area contributed by atoms with Crippen molar-refractivity contribution < 1.29 is 9.18 Å². The van der Waals surface area contributed by atoms with Gasteiger partial charge in [-0.1, -0.05) is 0 Å². The van der Waals surface area contributed by atoms with Crippen molar-refractivity contribution >= 4 is 6.03 Å². The van der Waals surface area contributed by atoms with E-state index in [1.165, 1.54) is 12.1 Å². The average molecular weight is 326 g/mol. The second-order valence-electron chi connectivity index (χ2n) is 6.37. The summed E-state index contributed by atoms with van der Waals surface area (Å²) in [6.45, 7) is 1.30. The van der Waals surface area contributed by atoms with Gasteiger partial charge in [-0.3, -0.25) is 0 Å². The van der Waals surface area contributed by atoms with Gasteiger partial charge in [0.25, 0.3) is 0 Å². The van der Waals surface area contributed by atoms with Gasteiger partial charge in [0, 0.05) is 42.4 Å². The summed E-state index contributed by atoms with van der Waals surface area (Å²) in [5.74, 6) is -0.262. The summed E-state index contributed by atoms with van der Waals surface area (Å²) in [5, 5.41) is 3.04. The Hall–Kier alpha value is -2.50. The zero-order valence-corrected chi connectivity index (χ0v) is 13.3. The molecular weight excluding hydrogens is 307 g/mol. The zero-order chi connectivity index (χ0) is 16.5. The van der Waals surface area contributed by atoms with Crippen LogP contribution in [-0.4, -0.2) is 40.0 Å². The Morgan fingerprint density at radius 3 is 2.62 bits per heavy atom. The second-order valence-corrected chi connectivity index (χ2v) is 6.37. The van der Waals surface area contributed by atoms with Crippen molar-refractivity contribution in [1.29, 1.82) is 0 Å². The summed E-state index contributed by atoms with van der Waals surface area (Å²) >= 11 is 0. The fraction of sp³-hybridized carbons (Fsp3) is 0.389. The number of benzene rings is 1. The van der Waals surface area contributed by atoms with Crippen LogP contribution in [0, 0.1) is 5.82 Å². The van der Waals surface area contributed by atoms with Crippen molar-refractivity contribution in [3.05, 3.63) is 47.7 Å². The van der Waals surface area contributed by atoms with Gasteiger partial charge >= 0.3 is 6.03 Å². The number of fused-ring (bicyclic) bond motifs is 1. The normalized spacial score (nSPS) is 17.1. The first kappa shape index (κ1) is 15.1. The van der Waals surface area contributed by atoms with E-state index in [-0.39, 0.29) is 11.8 Å². The monoisotopic (exact) mass is 326 g/mol. The molecule has 0 radical (unpaired) electrons. The molecule has 2 amide bonds. The molecule has 2 aromatic rings. The number of carbonyl (C=O) groups excluding carboxylic acids is 1. The van der Waals surface area contributed by atoms with Crippen LogP contribution in [0.25, 0.3) is 11.3 Å². The van der Waals surface area contributed by atoms with E-state index in [2.05, 4.69) is 15.3 Å². The lowest BCUT2D eigenvalue weighted by Crippen LogP contribution is -2.42. The highest BCUT2D eigenvalue weighted by Crippen LogP contribution is 2.26. The van der Waals surface area contributed by atoms with E-state index in [0.29, 0.717) is 32.0 Å². The second kappa shape index (κ2) is 6.19. The summed E-state index contributed by atoms with van der Waals surface area (Å²) in [4.78, 5) is 23.0. The highest BCUT2D eigenvalue weighted by atomic mass is 19.1. The van der Waals surface area contributed by atoms with E-state index in [4.69, 9.17) is 0 Å². The zero-order valence-electron chi connectivity index (χ0n) is 13.3. The Bertz CT molecular complexity index is 758. The number of nitrogens with one attached hydrogen (secondary N) is 1. The van der Waals surface area contributed by atoms with Gasteiger partial charge in [-0.25, -0.2) is 19.2 Å². The number of nitrogens with zero attached hydrogens (tertiary/aromatic N) is 3. The van der Waals surface area contributed by atoms with Crippen molar-refractivity contribution in [2.75, 3.05) is 13.1 Å². The highest BCUT2D eigenvalue weighted by molar-refractivity contribution is 5.75. The number of aromatic nitrogens is 2. The number of halogens is 1. The molecule has 0 spiro atoms. The molecule has 1 aromatic heterocycles. The third-order valence-corrected chi connectivity index (χ3v) is 4.59. The van der Waals surface area contributed by atoms with E-state index in [0.717, 1.165) is 35.4 Å². The molecule has 1 aliphatic carbocycles. The lowest BCUT2D eigenvalue weighted by molar-refractivity contribution is 0.200. The molecule has 0 atom stereocenters. The SMILES string of the molecule is O=C(NC1CC1)N1CCc2ncnc(-c3ccc(F)cc3)c2CC1. The van der Waals surface area contributed by atoms with Crippen LogP contribution in [0.2, 0.25) is 0 Å². The molecule has 4 rings (SSSR count). The van der Waals surface area contributed by atoms with Crippen molar-refractivity contribution in [1.82, 2.24) is 20.2 Å². The van der Waals surface area contributed by atoms with Gasteiger partial charge in [0.1, 0.15) is 12.1 Å². The van der Waals surface area contributed by atoms with Gasteiger partial charge in [0.05, 0.1) is 5.69 Å². The van der Waals surface area contributed by atoms with Gasteiger partial charge < -0.3 is 10.2 Å². The number of hydrogen-bond acceptors (Lipinski definition) is 3. The summed E-state index contributed by atoms with van der Waals surface area (Å²) in [5.41, 5.74) is 3.76. The maximum atomic E-state index is 13.2. The quantitative estimate of drug-likeness (QED) is 0.923. The minimum atomic E-state index is -0.262. The van der Waals surface area contributed by atoms with E-state index in [1.807, 2.05) is 4.90 Å². The van der Waals surface area contributed by atoms with Crippen LogP contribution in [0.1, 0.15) is 24.1 Å². The van der Waals surface area contributed by atoms with Gasteiger partial charge in [0.15, 0.2) is 0 Å². The van der Waals surface area contributed by atoms with Crippen molar-refractivity contribution in [2.24, 2.45) is 0 Å². The molecule has 1 aliphatic heterocycles. The molecule has 6 heteroatoms. The van der Waals surface area contributed by atoms with Crippen LogP contribution >= 0.6 is 0 Å². The molecule has 1 aromatic carbocycles.